The standard InChI is InChI=1S/C18H23N5O2/c1-13-3-5-15(6-4-13)23-9-7-16(17(23)24)21-18(25)20-14(2)11-22-10-8-19-12-22/h3-6,8,10,12,14,16H,7,9,11H2,1-2H3,(H2,20,21,25)/t14-,16-/m0/s1. The van der Waals surface area contributed by atoms with Gasteiger partial charge in [0.2, 0.25) is 5.91 Å². The molecule has 0 radical (unpaired) electrons. The van der Waals surface area contributed by atoms with E-state index in [9.17, 15) is 9.59 Å². The minimum absolute atomic E-state index is 0.0683. The highest BCUT2D eigenvalue weighted by molar-refractivity contribution is 6.01. The summed E-state index contributed by atoms with van der Waals surface area (Å²) < 4.78 is 1.89. The Labute approximate surface area is 147 Å². The Morgan fingerprint density at radius 3 is 2.80 bits per heavy atom. The summed E-state index contributed by atoms with van der Waals surface area (Å²) in [5.74, 6) is -0.0683. The number of hydrogen-bond acceptors (Lipinski definition) is 3. The fourth-order valence-corrected chi connectivity index (χ4v) is 2.98. The first-order valence-corrected chi connectivity index (χ1v) is 8.44. The molecule has 132 valence electrons. The van der Waals surface area contributed by atoms with Gasteiger partial charge in [-0.15, -0.1) is 0 Å². The van der Waals surface area contributed by atoms with Crippen molar-refractivity contribution in [2.24, 2.45) is 0 Å². The van der Waals surface area contributed by atoms with Crippen molar-refractivity contribution >= 4 is 17.6 Å². The van der Waals surface area contributed by atoms with Crippen molar-refractivity contribution in [3.05, 3.63) is 48.5 Å². The lowest BCUT2D eigenvalue weighted by Crippen LogP contribution is -2.49. The van der Waals surface area contributed by atoms with E-state index in [0.717, 1.165) is 11.3 Å². The van der Waals surface area contributed by atoms with E-state index in [2.05, 4.69) is 15.6 Å². The molecule has 25 heavy (non-hydrogen) atoms. The predicted octanol–water partition coefficient (Wildman–Crippen LogP) is 1.68. The number of carbonyl (C=O) groups is 2. The lowest BCUT2D eigenvalue weighted by atomic mass is 10.2. The second-order valence-electron chi connectivity index (χ2n) is 6.45. The molecule has 3 amide bonds. The largest absolute Gasteiger partial charge is 0.335 e. The molecule has 7 heteroatoms. The van der Waals surface area contributed by atoms with Crippen molar-refractivity contribution in [1.82, 2.24) is 20.2 Å². The highest BCUT2D eigenvalue weighted by atomic mass is 16.2. The molecule has 2 heterocycles. The highest BCUT2D eigenvalue weighted by Gasteiger charge is 2.33. The summed E-state index contributed by atoms with van der Waals surface area (Å²) in [4.78, 5) is 30.4. The molecule has 2 aromatic rings. The van der Waals surface area contributed by atoms with Crippen molar-refractivity contribution in [2.45, 2.75) is 38.9 Å². The van der Waals surface area contributed by atoms with E-state index in [1.165, 1.54) is 0 Å². The van der Waals surface area contributed by atoms with E-state index in [0.29, 0.717) is 19.5 Å². The topological polar surface area (TPSA) is 79.3 Å². The summed E-state index contributed by atoms with van der Waals surface area (Å²) in [5, 5.41) is 5.64. The molecule has 1 aliphatic rings. The Morgan fingerprint density at radius 2 is 2.12 bits per heavy atom. The third-order valence-electron chi connectivity index (χ3n) is 4.28. The SMILES string of the molecule is Cc1ccc(N2CC[C@H](NC(=O)N[C@@H](C)Cn3ccnc3)C2=O)cc1. The molecule has 1 fully saturated rings. The summed E-state index contributed by atoms with van der Waals surface area (Å²) in [6, 6.07) is 6.95. The van der Waals surface area contributed by atoms with E-state index >= 15 is 0 Å². The van der Waals surface area contributed by atoms with E-state index in [-0.39, 0.29) is 18.0 Å². The molecule has 0 saturated carbocycles. The zero-order valence-corrected chi connectivity index (χ0v) is 14.5. The normalized spacial score (nSPS) is 18.2. The Hall–Kier alpha value is -2.83. The number of nitrogens with one attached hydrogen (secondary N) is 2. The summed E-state index contributed by atoms with van der Waals surface area (Å²) in [6.07, 6.45) is 5.85. The van der Waals surface area contributed by atoms with Gasteiger partial charge >= 0.3 is 6.03 Å². The molecular formula is C18H23N5O2. The number of urea groups is 1. The van der Waals surface area contributed by atoms with Gasteiger partial charge in [0, 0.05) is 37.2 Å². The first kappa shape index (κ1) is 17.0. The third kappa shape index (κ3) is 4.17. The van der Waals surface area contributed by atoms with Crippen molar-refractivity contribution < 1.29 is 9.59 Å². The Morgan fingerprint density at radius 1 is 1.36 bits per heavy atom. The van der Waals surface area contributed by atoms with Crippen molar-refractivity contribution in [2.75, 3.05) is 11.4 Å². The monoisotopic (exact) mass is 341 g/mol. The summed E-state index contributed by atoms with van der Waals surface area (Å²) >= 11 is 0. The molecule has 1 aromatic heterocycles. The van der Waals surface area contributed by atoms with Crippen LogP contribution in [0.1, 0.15) is 18.9 Å². The van der Waals surface area contributed by atoms with Gasteiger partial charge in [-0.2, -0.15) is 0 Å². The number of rotatable bonds is 5. The minimum Gasteiger partial charge on any atom is -0.335 e. The van der Waals surface area contributed by atoms with Crippen LogP contribution in [0.5, 0.6) is 0 Å². The maximum Gasteiger partial charge on any atom is 0.315 e. The van der Waals surface area contributed by atoms with Crippen LogP contribution >= 0.6 is 0 Å². The smallest absolute Gasteiger partial charge is 0.315 e. The molecule has 0 aliphatic carbocycles. The summed E-state index contributed by atoms with van der Waals surface area (Å²) in [6.45, 7) is 5.16. The van der Waals surface area contributed by atoms with Crippen LogP contribution < -0.4 is 15.5 Å². The minimum atomic E-state index is -0.484. The molecule has 1 aromatic carbocycles. The van der Waals surface area contributed by atoms with Gasteiger partial charge in [0.05, 0.1) is 6.33 Å². The van der Waals surface area contributed by atoms with Gasteiger partial charge in [-0.3, -0.25) is 4.79 Å². The van der Waals surface area contributed by atoms with Gasteiger partial charge in [0.15, 0.2) is 0 Å². The molecule has 0 unspecified atom stereocenters. The lowest BCUT2D eigenvalue weighted by Gasteiger charge is -2.19. The van der Waals surface area contributed by atoms with Crippen LogP contribution in [0.25, 0.3) is 0 Å². The molecule has 1 saturated heterocycles. The summed E-state index contributed by atoms with van der Waals surface area (Å²) in [5.41, 5.74) is 2.02. The van der Waals surface area contributed by atoms with E-state index in [1.54, 1.807) is 17.4 Å². The number of nitrogens with zero attached hydrogens (tertiary/aromatic N) is 3. The zero-order chi connectivity index (χ0) is 17.8. The fraction of sp³-hybridized carbons (Fsp3) is 0.389. The van der Waals surface area contributed by atoms with Gasteiger partial charge in [-0.05, 0) is 32.4 Å². The zero-order valence-electron chi connectivity index (χ0n) is 14.5. The quantitative estimate of drug-likeness (QED) is 0.868. The van der Waals surface area contributed by atoms with Crippen LogP contribution in [0.3, 0.4) is 0 Å². The average molecular weight is 341 g/mol. The number of amides is 3. The van der Waals surface area contributed by atoms with E-state index in [4.69, 9.17) is 0 Å². The van der Waals surface area contributed by atoms with Crippen LogP contribution in [0.4, 0.5) is 10.5 Å². The molecule has 7 nitrogen and oxygen atoms in total. The lowest BCUT2D eigenvalue weighted by molar-refractivity contribution is -0.118. The summed E-state index contributed by atoms with van der Waals surface area (Å²) in [7, 11) is 0. The van der Waals surface area contributed by atoms with Crippen molar-refractivity contribution in [3.8, 4) is 0 Å². The van der Waals surface area contributed by atoms with Gasteiger partial charge in [-0.25, -0.2) is 9.78 Å². The Kier molecular flexibility index (Phi) is 5.02. The molecule has 3 rings (SSSR count). The number of imidazole rings is 1. The van der Waals surface area contributed by atoms with Gasteiger partial charge in [0.1, 0.15) is 6.04 Å². The average Bonchev–Trinajstić information content (AvgIpc) is 3.19. The first-order valence-electron chi connectivity index (χ1n) is 8.44. The van der Waals surface area contributed by atoms with Crippen LogP contribution in [-0.4, -0.2) is 40.1 Å². The molecule has 1 aliphatic heterocycles. The maximum absolute atomic E-state index is 12.5. The van der Waals surface area contributed by atoms with Gasteiger partial charge < -0.3 is 20.1 Å². The second-order valence-corrected chi connectivity index (χ2v) is 6.45. The number of benzene rings is 1. The molecule has 0 spiro atoms. The Bertz CT molecular complexity index is 726. The number of hydrogen-bond donors (Lipinski definition) is 2. The van der Waals surface area contributed by atoms with Crippen LogP contribution in [0.2, 0.25) is 0 Å². The van der Waals surface area contributed by atoms with Crippen LogP contribution in [-0.2, 0) is 11.3 Å². The number of anilines is 1. The van der Waals surface area contributed by atoms with E-state index < -0.39 is 6.04 Å². The third-order valence-corrected chi connectivity index (χ3v) is 4.28. The molecule has 2 N–H and O–H groups in total. The van der Waals surface area contributed by atoms with Crippen molar-refractivity contribution in [1.29, 1.82) is 0 Å². The number of aryl methyl sites for hydroxylation is 1. The fourth-order valence-electron chi connectivity index (χ4n) is 2.98. The Balaban J connectivity index is 1.52. The van der Waals surface area contributed by atoms with Gasteiger partial charge in [0.25, 0.3) is 0 Å². The van der Waals surface area contributed by atoms with Gasteiger partial charge in [-0.1, -0.05) is 17.7 Å². The van der Waals surface area contributed by atoms with E-state index in [1.807, 2.05) is 48.9 Å². The predicted molar refractivity (Wildman–Crippen MR) is 95.3 cm³/mol. The molecule has 2 atom stereocenters. The van der Waals surface area contributed by atoms with Crippen LogP contribution in [0.15, 0.2) is 43.0 Å². The second kappa shape index (κ2) is 7.38. The number of aromatic nitrogens is 2. The molecular weight excluding hydrogens is 318 g/mol. The maximum atomic E-state index is 12.5. The van der Waals surface area contributed by atoms with Crippen LogP contribution in [0, 0.1) is 6.92 Å². The van der Waals surface area contributed by atoms with Crippen molar-refractivity contribution in [3.63, 3.8) is 0 Å². The molecule has 0 bridgehead atoms. The first-order chi connectivity index (χ1) is 12.0. The number of carbonyl (C=O) groups excluding carboxylic acids is 2. The highest BCUT2D eigenvalue weighted by Crippen LogP contribution is 2.21.